The minimum absolute atomic E-state index is 0.295. The number of aromatic nitrogens is 4. The number of H-pyrrole nitrogens is 1. The standard InChI is InChI=1S/C6H7N5O2/c12-5-4(1-2-13-5)3-7-6-8-10-11-9-6/h3H,1-2H2,(H2,7,8,9,10,11)/b4-3-. The van der Waals surface area contributed by atoms with Crippen molar-refractivity contribution in [3.63, 3.8) is 0 Å². The van der Waals surface area contributed by atoms with Crippen LogP contribution in [-0.2, 0) is 9.53 Å². The minimum atomic E-state index is -0.295. The van der Waals surface area contributed by atoms with Crippen LogP contribution in [0.1, 0.15) is 6.42 Å². The van der Waals surface area contributed by atoms with Crippen LogP contribution >= 0.6 is 0 Å². The molecule has 0 amide bonds. The van der Waals surface area contributed by atoms with Gasteiger partial charge in [-0.05, 0) is 5.21 Å². The van der Waals surface area contributed by atoms with Gasteiger partial charge in [0.2, 0.25) is 0 Å². The molecule has 0 saturated carbocycles. The first kappa shape index (κ1) is 7.71. The summed E-state index contributed by atoms with van der Waals surface area (Å²) in [6.07, 6.45) is 2.14. The van der Waals surface area contributed by atoms with Crippen LogP contribution in [0.2, 0.25) is 0 Å². The molecule has 2 heterocycles. The number of nitrogens with one attached hydrogen (secondary N) is 2. The van der Waals surface area contributed by atoms with Crippen LogP contribution in [0, 0.1) is 0 Å². The van der Waals surface area contributed by atoms with E-state index >= 15 is 0 Å². The third kappa shape index (κ3) is 1.63. The summed E-state index contributed by atoms with van der Waals surface area (Å²) in [7, 11) is 0. The number of carbonyl (C=O) groups excluding carboxylic acids is 1. The fourth-order valence-electron chi connectivity index (χ4n) is 0.954. The van der Waals surface area contributed by atoms with E-state index in [-0.39, 0.29) is 5.97 Å². The highest BCUT2D eigenvalue weighted by Crippen LogP contribution is 2.12. The highest BCUT2D eigenvalue weighted by molar-refractivity contribution is 5.90. The van der Waals surface area contributed by atoms with Crippen LogP contribution in [-0.4, -0.2) is 33.2 Å². The third-order valence-electron chi connectivity index (χ3n) is 1.59. The molecule has 0 spiro atoms. The van der Waals surface area contributed by atoms with Gasteiger partial charge >= 0.3 is 5.97 Å². The maximum Gasteiger partial charge on any atom is 0.335 e. The molecule has 2 rings (SSSR count). The van der Waals surface area contributed by atoms with Crippen LogP contribution < -0.4 is 5.32 Å². The van der Waals surface area contributed by atoms with Crippen LogP contribution in [0.4, 0.5) is 5.95 Å². The smallest absolute Gasteiger partial charge is 0.335 e. The summed E-state index contributed by atoms with van der Waals surface area (Å²) >= 11 is 0. The predicted octanol–water partition coefficient (Wildman–Crippen LogP) is -0.558. The molecule has 1 fully saturated rings. The first-order valence-corrected chi connectivity index (χ1v) is 3.72. The lowest BCUT2D eigenvalue weighted by molar-refractivity contribution is -0.135. The van der Waals surface area contributed by atoms with Crippen molar-refractivity contribution < 1.29 is 9.53 Å². The maximum atomic E-state index is 10.9. The molecule has 1 saturated heterocycles. The van der Waals surface area contributed by atoms with E-state index in [1.807, 2.05) is 0 Å². The van der Waals surface area contributed by atoms with Crippen molar-refractivity contribution in [1.82, 2.24) is 20.6 Å². The largest absolute Gasteiger partial charge is 0.462 e. The molecule has 13 heavy (non-hydrogen) atoms. The average molecular weight is 181 g/mol. The lowest BCUT2D eigenvalue weighted by Gasteiger charge is -1.92. The Bertz CT molecular complexity index is 331. The van der Waals surface area contributed by atoms with E-state index < -0.39 is 0 Å². The number of rotatable bonds is 2. The SMILES string of the molecule is O=C1OCC/C1=C/Nc1nn[nH]n1. The molecule has 0 unspecified atom stereocenters. The summed E-state index contributed by atoms with van der Waals surface area (Å²) in [5, 5.41) is 15.6. The molecule has 7 heteroatoms. The van der Waals surface area contributed by atoms with Gasteiger partial charge < -0.3 is 10.1 Å². The number of esters is 1. The topological polar surface area (TPSA) is 92.8 Å². The quantitative estimate of drug-likeness (QED) is 0.469. The van der Waals surface area contributed by atoms with E-state index in [9.17, 15) is 4.79 Å². The lowest BCUT2D eigenvalue weighted by Crippen LogP contribution is -1.99. The fourth-order valence-corrected chi connectivity index (χ4v) is 0.954. The van der Waals surface area contributed by atoms with Crippen LogP contribution in [0.25, 0.3) is 0 Å². The molecule has 2 N–H and O–H groups in total. The number of anilines is 1. The van der Waals surface area contributed by atoms with Gasteiger partial charge in [0, 0.05) is 12.6 Å². The molecular formula is C6H7N5O2. The maximum absolute atomic E-state index is 10.9. The van der Waals surface area contributed by atoms with E-state index in [0.29, 0.717) is 24.5 Å². The number of tetrazole rings is 1. The summed E-state index contributed by atoms with van der Waals surface area (Å²) in [5.41, 5.74) is 0.588. The third-order valence-corrected chi connectivity index (χ3v) is 1.59. The zero-order valence-corrected chi connectivity index (χ0v) is 6.65. The Balaban J connectivity index is 2.01. The fraction of sp³-hybridized carbons (Fsp3) is 0.333. The first-order valence-electron chi connectivity index (χ1n) is 3.72. The Labute approximate surface area is 73.2 Å². The Hall–Kier alpha value is -1.92. The second-order valence-corrected chi connectivity index (χ2v) is 2.44. The number of hydrogen-bond acceptors (Lipinski definition) is 6. The van der Waals surface area contributed by atoms with Crippen molar-refractivity contribution >= 4 is 11.9 Å². The first-order chi connectivity index (χ1) is 6.36. The van der Waals surface area contributed by atoms with Crippen LogP contribution in [0.5, 0.6) is 0 Å². The normalized spacial score (nSPS) is 19.1. The summed E-state index contributed by atoms with van der Waals surface area (Å²) in [6, 6.07) is 0. The van der Waals surface area contributed by atoms with Gasteiger partial charge in [0.25, 0.3) is 5.95 Å². The Morgan fingerprint density at radius 3 is 3.15 bits per heavy atom. The van der Waals surface area contributed by atoms with E-state index in [0.717, 1.165) is 0 Å². The van der Waals surface area contributed by atoms with Crippen molar-refractivity contribution in [2.45, 2.75) is 6.42 Å². The Kier molecular flexibility index (Phi) is 1.91. The molecule has 7 nitrogen and oxygen atoms in total. The van der Waals surface area contributed by atoms with E-state index in [2.05, 4.69) is 25.9 Å². The minimum Gasteiger partial charge on any atom is -0.462 e. The molecule has 0 aromatic carbocycles. The number of nitrogens with zero attached hydrogens (tertiary/aromatic N) is 3. The van der Waals surface area contributed by atoms with Gasteiger partial charge in [-0.1, -0.05) is 5.10 Å². The van der Waals surface area contributed by atoms with Crippen molar-refractivity contribution in [3.8, 4) is 0 Å². The van der Waals surface area contributed by atoms with E-state index in [4.69, 9.17) is 4.74 Å². The van der Waals surface area contributed by atoms with Crippen molar-refractivity contribution in [2.24, 2.45) is 0 Å². The number of cyclic esters (lactones) is 1. The molecule has 1 aliphatic rings. The van der Waals surface area contributed by atoms with Gasteiger partial charge in [-0.15, -0.1) is 5.10 Å². The summed E-state index contributed by atoms with van der Waals surface area (Å²) < 4.78 is 4.72. The Morgan fingerprint density at radius 1 is 1.62 bits per heavy atom. The summed E-state index contributed by atoms with van der Waals surface area (Å²) in [6.45, 7) is 0.443. The second-order valence-electron chi connectivity index (χ2n) is 2.44. The molecule has 0 atom stereocenters. The number of carbonyl (C=O) groups is 1. The number of ether oxygens (including phenoxy) is 1. The van der Waals surface area contributed by atoms with E-state index in [1.54, 1.807) is 0 Å². The summed E-state index contributed by atoms with van der Waals surface area (Å²) in [5.74, 6) is 0.0307. The molecule has 0 aliphatic carbocycles. The van der Waals surface area contributed by atoms with Gasteiger partial charge in [-0.2, -0.15) is 5.21 Å². The van der Waals surface area contributed by atoms with Crippen molar-refractivity contribution in [1.29, 1.82) is 0 Å². The number of aromatic amines is 1. The Morgan fingerprint density at radius 2 is 2.54 bits per heavy atom. The zero-order valence-electron chi connectivity index (χ0n) is 6.65. The molecule has 1 aromatic rings. The van der Waals surface area contributed by atoms with Gasteiger partial charge in [0.15, 0.2) is 0 Å². The average Bonchev–Trinajstić information content (AvgIpc) is 2.72. The molecular weight excluding hydrogens is 174 g/mol. The lowest BCUT2D eigenvalue weighted by atomic mass is 10.2. The zero-order chi connectivity index (χ0) is 9.10. The van der Waals surface area contributed by atoms with Crippen LogP contribution in [0.3, 0.4) is 0 Å². The summed E-state index contributed by atoms with van der Waals surface area (Å²) in [4.78, 5) is 10.9. The monoisotopic (exact) mass is 181 g/mol. The van der Waals surface area contributed by atoms with Gasteiger partial charge in [-0.25, -0.2) is 4.79 Å². The molecule has 1 aliphatic heterocycles. The van der Waals surface area contributed by atoms with Gasteiger partial charge in [-0.3, -0.25) is 0 Å². The number of hydrogen-bond donors (Lipinski definition) is 2. The molecule has 68 valence electrons. The van der Waals surface area contributed by atoms with Crippen LogP contribution in [0.15, 0.2) is 11.8 Å². The predicted molar refractivity (Wildman–Crippen MR) is 41.5 cm³/mol. The van der Waals surface area contributed by atoms with Crippen molar-refractivity contribution in [2.75, 3.05) is 11.9 Å². The van der Waals surface area contributed by atoms with E-state index in [1.165, 1.54) is 6.20 Å². The van der Waals surface area contributed by atoms with Gasteiger partial charge in [0.05, 0.1) is 12.2 Å². The second kappa shape index (κ2) is 3.21. The molecule has 1 aromatic heterocycles. The van der Waals surface area contributed by atoms with Gasteiger partial charge in [0.1, 0.15) is 0 Å². The molecule has 0 bridgehead atoms. The highest BCUT2D eigenvalue weighted by Gasteiger charge is 2.18. The molecule has 0 radical (unpaired) electrons. The van der Waals surface area contributed by atoms with Crippen molar-refractivity contribution in [3.05, 3.63) is 11.8 Å². The highest BCUT2D eigenvalue weighted by atomic mass is 16.5.